The van der Waals surface area contributed by atoms with Crippen LogP contribution in [0, 0.1) is 23.2 Å². The summed E-state index contributed by atoms with van der Waals surface area (Å²) in [6.07, 6.45) is 4.84. The minimum absolute atomic E-state index is 0.150. The number of hydrogen-bond donors (Lipinski definition) is 1. The Bertz CT molecular complexity index is 1030. The van der Waals surface area contributed by atoms with Crippen molar-refractivity contribution < 1.29 is 14.6 Å². The molecule has 29 heavy (non-hydrogen) atoms. The summed E-state index contributed by atoms with van der Waals surface area (Å²) in [4.78, 5) is 11.3. The zero-order valence-electron chi connectivity index (χ0n) is 15.9. The Morgan fingerprint density at radius 1 is 1.17 bits per heavy atom. The van der Waals surface area contributed by atoms with Gasteiger partial charge in [0.1, 0.15) is 5.75 Å². The van der Waals surface area contributed by atoms with Crippen LogP contribution >= 0.6 is 0 Å². The number of benzene rings is 2. The second-order valence-electron chi connectivity index (χ2n) is 7.96. The molecular formula is C23H21N3O3. The molecule has 0 saturated heterocycles. The molecular weight excluding hydrogens is 366 g/mol. The summed E-state index contributed by atoms with van der Waals surface area (Å²) in [6, 6.07) is 15.0. The zero-order chi connectivity index (χ0) is 20.0. The van der Waals surface area contributed by atoms with Gasteiger partial charge in [0.15, 0.2) is 0 Å². The number of aromatic carboxylic acids is 1. The van der Waals surface area contributed by atoms with Gasteiger partial charge in [-0.3, -0.25) is 5.01 Å². The van der Waals surface area contributed by atoms with Gasteiger partial charge >= 0.3 is 5.97 Å². The third-order valence-corrected chi connectivity index (χ3v) is 6.33. The van der Waals surface area contributed by atoms with Crippen LogP contribution in [-0.4, -0.2) is 29.4 Å². The molecule has 2 aliphatic heterocycles. The first-order chi connectivity index (χ1) is 14.2. The molecule has 2 aromatic carbocycles. The van der Waals surface area contributed by atoms with Gasteiger partial charge in [-0.2, -0.15) is 10.4 Å². The Kier molecular flexibility index (Phi) is 4.24. The number of nitriles is 1. The largest absolute Gasteiger partial charge is 0.492 e. The number of fused-ring (bicyclic) bond motifs is 3. The van der Waals surface area contributed by atoms with Gasteiger partial charge in [0.25, 0.3) is 0 Å². The summed E-state index contributed by atoms with van der Waals surface area (Å²) in [7, 11) is 0. The first kappa shape index (κ1) is 17.7. The van der Waals surface area contributed by atoms with E-state index in [1.54, 1.807) is 12.1 Å². The number of hydrazone groups is 1. The first-order valence-corrected chi connectivity index (χ1v) is 10.0. The van der Waals surface area contributed by atoms with Crippen molar-refractivity contribution in [2.24, 2.45) is 16.9 Å². The summed E-state index contributed by atoms with van der Waals surface area (Å²) in [5.41, 5.74) is 3.68. The minimum Gasteiger partial charge on any atom is -0.492 e. The van der Waals surface area contributed by atoms with E-state index in [-0.39, 0.29) is 17.5 Å². The van der Waals surface area contributed by atoms with Crippen LogP contribution < -0.4 is 9.75 Å². The third-order valence-electron chi connectivity index (χ3n) is 6.33. The highest BCUT2D eigenvalue weighted by Gasteiger charge is 2.46. The number of carboxylic acids is 1. The Balaban J connectivity index is 1.57. The molecule has 6 nitrogen and oxygen atoms in total. The van der Waals surface area contributed by atoms with E-state index < -0.39 is 5.97 Å². The maximum Gasteiger partial charge on any atom is 0.335 e. The molecule has 3 aliphatic rings. The Morgan fingerprint density at radius 2 is 1.93 bits per heavy atom. The number of carbonyl (C=O) groups is 1. The van der Waals surface area contributed by atoms with Crippen molar-refractivity contribution in [2.75, 3.05) is 11.6 Å². The van der Waals surface area contributed by atoms with E-state index in [9.17, 15) is 9.90 Å². The van der Waals surface area contributed by atoms with Crippen LogP contribution in [0.25, 0.3) is 0 Å². The highest BCUT2D eigenvalue weighted by atomic mass is 16.5. The van der Waals surface area contributed by atoms with Crippen molar-refractivity contribution in [1.29, 1.82) is 5.26 Å². The maximum absolute atomic E-state index is 11.3. The van der Waals surface area contributed by atoms with Gasteiger partial charge in [0.05, 0.1) is 47.2 Å². The van der Waals surface area contributed by atoms with Crippen molar-refractivity contribution in [3.05, 3.63) is 59.2 Å². The zero-order valence-corrected chi connectivity index (χ0v) is 15.9. The van der Waals surface area contributed by atoms with E-state index in [0.29, 0.717) is 23.8 Å². The smallest absolute Gasteiger partial charge is 0.335 e. The van der Waals surface area contributed by atoms with Gasteiger partial charge in [0.2, 0.25) is 0 Å². The molecule has 0 unspecified atom stereocenters. The molecule has 0 aromatic heterocycles. The lowest BCUT2D eigenvalue weighted by molar-refractivity contribution is 0.0696. The SMILES string of the molecule is N#Cc1ccc(N2N=C3c4ccc(C(=O)O)cc4OC[C@@H]3[C@@H]2C2CCCC2)cc1. The molecule has 0 spiro atoms. The van der Waals surface area contributed by atoms with Gasteiger partial charge in [-0.25, -0.2) is 4.79 Å². The fourth-order valence-electron chi connectivity index (χ4n) is 4.93. The van der Waals surface area contributed by atoms with Gasteiger partial charge in [-0.05, 0) is 61.2 Å². The number of anilines is 1. The van der Waals surface area contributed by atoms with Crippen LogP contribution in [0.4, 0.5) is 5.69 Å². The molecule has 1 aliphatic carbocycles. The highest BCUT2D eigenvalue weighted by Crippen LogP contribution is 2.44. The summed E-state index contributed by atoms with van der Waals surface area (Å²) in [6.45, 7) is 0.503. The lowest BCUT2D eigenvalue weighted by atomic mass is 9.81. The molecule has 1 N–H and O–H groups in total. The van der Waals surface area contributed by atoms with Gasteiger partial charge in [-0.1, -0.05) is 12.8 Å². The molecule has 1 saturated carbocycles. The summed E-state index contributed by atoms with van der Waals surface area (Å²) >= 11 is 0. The molecule has 5 rings (SSSR count). The minimum atomic E-state index is -0.963. The van der Waals surface area contributed by atoms with E-state index in [4.69, 9.17) is 15.1 Å². The van der Waals surface area contributed by atoms with Crippen LogP contribution in [0.3, 0.4) is 0 Å². The highest BCUT2D eigenvalue weighted by molar-refractivity contribution is 6.08. The second-order valence-corrected chi connectivity index (χ2v) is 7.96. The fourth-order valence-corrected chi connectivity index (χ4v) is 4.93. The lowest BCUT2D eigenvalue weighted by Crippen LogP contribution is -2.43. The summed E-state index contributed by atoms with van der Waals surface area (Å²) in [5.74, 6) is 0.318. The summed E-state index contributed by atoms with van der Waals surface area (Å²) in [5, 5.41) is 25.5. The number of nitrogens with zero attached hydrogens (tertiary/aromatic N) is 3. The molecule has 0 bridgehead atoms. The Morgan fingerprint density at radius 3 is 2.62 bits per heavy atom. The van der Waals surface area contributed by atoms with Crippen LogP contribution in [0.15, 0.2) is 47.6 Å². The van der Waals surface area contributed by atoms with Crippen molar-refractivity contribution in [3.8, 4) is 11.8 Å². The average Bonchev–Trinajstić information content (AvgIpc) is 3.40. The van der Waals surface area contributed by atoms with Crippen molar-refractivity contribution in [3.63, 3.8) is 0 Å². The van der Waals surface area contributed by atoms with Gasteiger partial charge < -0.3 is 9.84 Å². The quantitative estimate of drug-likeness (QED) is 0.859. The number of ether oxygens (including phenoxy) is 1. The molecule has 6 heteroatoms. The number of rotatable bonds is 3. The first-order valence-electron chi connectivity index (χ1n) is 10.0. The van der Waals surface area contributed by atoms with E-state index >= 15 is 0 Å². The number of hydrogen-bond acceptors (Lipinski definition) is 5. The second kappa shape index (κ2) is 6.93. The van der Waals surface area contributed by atoms with Gasteiger partial charge in [-0.15, -0.1) is 0 Å². The average molecular weight is 387 g/mol. The van der Waals surface area contributed by atoms with Crippen molar-refractivity contribution in [1.82, 2.24) is 0 Å². The van der Waals surface area contributed by atoms with Crippen LogP contribution in [0.1, 0.15) is 47.2 Å². The van der Waals surface area contributed by atoms with E-state index in [1.807, 2.05) is 30.3 Å². The molecule has 146 valence electrons. The topological polar surface area (TPSA) is 85.9 Å². The molecule has 2 atom stereocenters. The maximum atomic E-state index is 11.3. The monoisotopic (exact) mass is 387 g/mol. The normalized spacial score (nSPS) is 23.0. The van der Waals surface area contributed by atoms with E-state index in [0.717, 1.165) is 17.0 Å². The lowest BCUT2D eigenvalue weighted by Gasteiger charge is -2.34. The van der Waals surface area contributed by atoms with Crippen LogP contribution in [-0.2, 0) is 0 Å². The van der Waals surface area contributed by atoms with Gasteiger partial charge in [0, 0.05) is 5.56 Å². The van der Waals surface area contributed by atoms with E-state index in [2.05, 4.69) is 11.1 Å². The fraction of sp³-hybridized carbons (Fsp3) is 0.348. The molecule has 0 radical (unpaired) electrons. The predicted octanol–water partition coefficient (Wildman–Crippen LogP) is 4.05. The summed E-state index contributed by atoms with van der Waals surface area (Å²) < 4.78 is 6.02. The third kappa shape index (κ3) is 2.94. The van der Waals surface area contributed by atoms with Crippen LogP contribution in [0.5, 0.6) is 5.75 Å². The molecule has 0 amide bonds. The Hall–Kier alpha value is -3.33. The van der Waals surface area contributed by atoms with Crippen molar-refractivity contribution in [2.45, 2.75) is 31.7 Å². The molecule has 1 fully saturated rings. The standard InChI is InChI=1S/C23H21N3O3/c24-12-14-5-8-17(9-6-14)26-22(15-3-1-2-4-15)19-13-29-20-11-16(23(27)28)7-10-18(20)21(19)25-26/h5-11,15,19,22H,1-4,13H2,(H,27,28)/t19-,22-/m0/s1. The Labute approximate surface area is 169 Å². The van der Waals surface area contributed by atoms with Crippen molar-refractivity contribution >= 4 is 17.4 Å². The molecule has 2 aromatic rings. The van der Waals surface area contributed by atoms with E-state index in [1.165, 1.54) is 25.7 Å². The number of carboxylic acid groups (broad SMARTS) is 1. The van der Waals surface area contributed by atoms with Crippen LogP contribution in [0.2, 0.25) is 0 Å². The molecule has 2 heterocycles. The predicted molar refractivity (Wildman–Crippen MR) is 108 cm³/mol.